The van der Waals surface area contributed by atoms with Crippen LogP contribution in [0.1, 0.15) is 37.7 Å². The van der Waals surface area contributed by atoms with Gasteiger partial charge < -0.3 is 14.5 Å². The molecule has 0 N–H and O–H groups in total. The zero-order chi connectivity index (χ0) is 18.9. The summed E-state index contributed by atoms with van der Waals surface area (Å²) < 4.78 is 7.66. The van der Waals surface area contributed by atoms with Gasteiger partial charge >= 0.3 is 0 Å². The molecular weight excluding hydrogens is 352 g/mol. The summed E-state index contributed by atoms with van der Waals surface area (Å²) in [7, 11) is 0. The largest absolute Gasteiger partial charge is 0.488 e. The van der Waals surface area contributed by atoms with E-state index in [9.17, 15) is 4.79 Å². The predicted molar refractivity (Wildman–Crippen MR) is 107 cm³/mol. The second-order valence-corrected chi connectivity index (χ2v) is 8.17. The summed E-state index contributed by atoms with van der Waals surface area (Å²) in [5, 5.41) is 4.50. The number of fused-ring (bicyclic) bond motifs is 3. The van der Waals surface area contributed by atoms with Crippen LogP contribution in [0, 0.1) is 0 Å². The topological polar surface area (TPSA) is 50.6 Å². The maximum Gasteiger partial charge on any atom is 0.244 e. The molecule has 1 amide bonds. The molecule has 3 aliphatic heterocycles. The van der Waals surface area contributed by atoms with Gasteiger partial charge in [0.15, 0.2) is 0 Å². The van der Waals surface area contributed by atoms with E-state index in [-0.39, 0.29) is 5.91 Å². The van der Waals surface area contributed by atoms with Crippen molar-refractivity contribution in [3.8, 4) is 17.0 Å². The molecule has 2 saturated heterocycles. The van der Waals surface area contributed by atoms with Crippen molar-refractivity contribution < 1.29 is 9.53 Å². The lowest BCUT2D eigenvalue weighted by molar-refractivity contribution is -0.133. The summed E-state index contributed by atoms with van der Waals surface area (Å²) in [5.74, 6) is 1.04. The Morgan fingerprint density at radius 3 is 2.68 bits per heavy atom. The van der Waals surface area contributed by atoms with E-state index < -0.39 is 0 Å². The van der Waals surface area contributed by atoms with E-state index in [1.807, 2.05) is 40.0 Å². The monoisotopic (exact) mass is 380 g/mol. The van der Waals surface area contributed by atoms with Crippen molar-refractivity contribution in [2.75, 3.05) is 26.2 Å². The molecule has 0 atom stereocenters. The van der Waals surface area contributed by atoms with Gasteiger partial charge in [0.25, 0.3) is 0 Å². The highest BCUT2D eigenvalue weighted by atomic mass is 16.5. The summed E-state index contributed by atoms with van der Waals surface area (Å²) in [6.07, 6.45) is 8.06. The minimum absolute atomic E-state index is 0.173. The number of ether oxygens (including phenoxy) is 1. The van der Waals surface area contributed by atoms with Gasteiger partial charge in [0.2, 0.25) is 5.91 Å². The minimum Gasteiger partial charge on any atom is -0.488 e. The minimum atomic E-state index is 0.173. The number of carbonyl (C=O) groups excluding carboxylic acids is 1. The van der Waals surface area contributed by atoms with Gasteiger partial charge in [0, 0.05) is 30.3 Å². The third-order valence-corrected chi connectivity index (χ3v) is 6.45. The van der Waals surface area contributed by atoms with Gasteiger partial charge in [-0.2, -0.15) is 5.10 Å². The fraction of sp³-hybridized carbons (Fsp3) is 0.545. The lowest BCUT2D eigenvalue weighted by atomic mass is 10.00. The Morgan fingerprint density at radius 1 is 1.07 bits per heavy atom. The van der Waals surface area contributed by atoms with E-state index in [1.165, 1.54) is 32.4 Å². The lowest BCUT2D eigenvalue weighted by Crippen LogP contribution is -2.48. The number of rotatable bonds is 3. The highest BCUT2D eigenvalue weighted by Crippen LogP contribution is 2.37. The molecule has 0 saturated carbocycles. The molecule has 0 radical (unpaired) electrons. The Morgan fingerprint density at radius 2 is 1.86 bits per heavy atom. The zero-order valence-electron chi connectivity index (χ0n) is 16.3. The molecule has 6 nitrogen and oxygen atoms in total. The number of nitrogens with zero attached hydrogens (tertiary/aromatic N) is 4. The molecule has 1 aromatic carbocycles. The predicted octanol–water partition coefficient (Wildman–Crippen LogP) is 2.92. The van der Waals surface area contributed by atoms with Crippen molar-refractivity contribution in [3.63, 3.8) is 0 Å². The Kier molecular flexibility index (Phi) is 4.81. The van der Waals surface area contributed by atoms with Gasteiger partial charge in [0.05, 0.1) is 11.9 Å². The highest BCUT2D eigenvalue weighted by molar-refractivity contribution is 5.78. The van der Waals surface area contributed by atoms with Crippen LogP contribution in [-0.4, -0.2) is 57.7 Å². The molecule has 5 rings (SSSR count). The molecule has 6 heteroatoms. The molecule has 1 aromatic heterocycles. The SMILES string of the molecule is O=C(Cn1ncc2c1-c1ccccc1OC2)N1CCC(N2CCCCC2)CC1. The van der Waals surface area contributed by atoms with Crippen LogP contribution in [0.5, 0.6) is 5.75 Å². The second kappa shape index (κ2) is 7.59. The quantitative estimate of drug-likeness (QED) is 0.822. The average molecular weight is 380 g/mol. The number of carbonyl (C=O) groups is 1. The van der Waals surface area contributed by atoms with Crippen LogP contribution in [0.4, 0.5) is 0 Å². The molecule has 148 valence electrons. The molecule has 3 aliphatic rings. The van der Waals surface area contributed by atoms with Gasteiger partial charge in [-0.1, -0.05) is 18.6 Å². The smallest absolute Gasteiger partial charge is 0.244 e. The number of para-hydroxylation sites is 1. The Bertz CT molecular complexity index is 848. The molecule has 28 heavy (non-hydrogen) atoms. The normalized spacial score (nSPS) is 20.4. The van der Waals surface area contributed by atoms with Crippen molar-refractivity contribution in [1.82, 2.24) is 19.6 Å². The standard InChI is InChI=1S/C22H28N4O2/c27-21(25-12-8-18(9-13-25)24-10-4-1-5-11-24)15-26-22-17(14-23-26)16-28-20-7-3-2-6-19(20)22/h2-3,6-7,14,18H,1,4-5,8-13,15-16H2. The maximum atomic E-state index is 13.0. The molecule has 0 aliphatic carbocycles. The summed E-state index contributed by atoms with van der Waals surface area (Å²) in [6, 6.07) is 8.65. The number of likely N-dealkylation sites (tertiary alicyclic amines) is 2. The molecule has 4 heterocycles. The van der Waals surface area contributed by atoms with Gasteiger partial charge in [0.1, 0.15) is 18.9 Å². The summed E-state index contributed by atoms with van der Waals surface area (Å²) in [4.78, 5) is 17.6. The first-order chi connectivity index (χ1) is 13.8. The van der Waals surface area contributed by atoms with E-state index in [1.54, 1.807) is 0 Å². The van der Waals surface area contributed by atoms with E-state index in [4.69, 9.17) is 4.74 Å². The summed E-state index contributed by atoms with van der Waals surface area (Å²) >= 11 is 0. The van der Waals surface area contributed by atoms with E-state index in [2.05, 4.69) is 10.00 Å². The Labute approximate surface area is 166 Å². The number of amides is 1. The van der Waals surface area contributed by atoms with Crippen molar-refractivity contribution in [3.05, 3.63) is 36.0 Å². The van der Waals surface area contributed by atoms with Gasteiger partial charge in [-0.15, -0.1) is 0 Å². The van der Waals surface area contributed by atoms with Gasteiger partial charge in [-0.05, 0) is 50.9 Å². The number of benzene rings is 1. The van der Waals surface area contributed by atoms with Crippen LogP contribution in [-0.2, 0) is 17.9 Å². The number of hydrogen-bond donors (Lipinski definition) is 0. The first kappa shape index (κ1) is 17.7. The molecule has 0 spiro atoms. The molecule has 2 fully saturated rings. The Balaban J connectivity index is 1.25. The summed E-state index contributed by atoms with van der Waals surface area (Å²) in [5.41, 5.74) is 3.10. The third kappa shape index (κ3) is 3.30. The van der Waals surface area contributed by atoms with E-state index in [0.29, 0.717) is 19.2 Å². The van der Waals surface area contributed by atoms with Crippen molar-refractivity contribution >= 4 is 5.91 Å². The molecule has 2 aromatic rings. The van der Waals surface area contributed by atoms with Crippen LogP contribution < -0.4 is 4.74 Å². The van der Waals surface area contributed by atoms with Crippen LogP contribution in [0.2, 0.25) is 0 Å². The molecular formula is C22H28N4O2. The van der Waals surface area contributed by atoms with Crippen molar-refractivity contribution in [1.29, 1.82) is 0 Å². The van der Waals surface area contributed by atoms with Gasteiger partial charge in [-0.25, -0.2) is 0 Å². The fourth-order valence-electron chi connectivity index (χ4n) is 4.90. The maximum absolute atomic E-state index is 13.0. The highest BCUT2D eigenvalue weighted by Gasteiger charge is 2.29. The van der Waals surface area contributed by atoms with Gasteiger partial charge in [-0.3, -0.25) is 9.48 Å². The first-order valence-corrected chi connectivity index (χ1v) is 10.6. The zero-order valence-corrected chi connectivity index (χ0v) is 16.3. The summed E-state index contributed by atoms with van der Waals surface area (Å²) in [6.45, 7) is 5.02. The number of hydrogen-bond acceptors (Lipinski definition) is 4. The lowest BCUT2D eigenvalue weighted by Gasteiger charge is -2.40. The second-order valence-electron chi connectivity index (χ2n) is 8.17. The van der Waals surface area contributed by atoms with E-state index in [0.717, 1.165) is 48.5 Å². The first-order valence-electron chi connectivity index (χ1n) is 10.6. The van der Waals surface area contributed by atoms with Crippen molar-refractivity contribution in [2.45, 2.75) is 51.3 Å². The number of aromatic nitrogens is 2. The van der Waals surface area contributed by atoms with Crippen LogP contribution >= 0.6 is 0 Å². The third-order valence-electron chi connectivity index (χ3n) is 6.45. The van der Waals surface area contributed by atoms with Crippen LogP contribution in [0.15, 0.2) is 30.5 Å². The van der Waals surface area contributed by atoms with Crippen LogP contribution in [0.25, 0.3) is 11.3 Å². The molecule has 0 bridgehead atoms. The molecule has 0 unspecified atom stereocenters. The Hall–Kier alpha value is -2.34. The van der Waals surface area contributed by atoms with Crippen molar-refractivity contribution in [2.24, 2.45) is 0 Å². The number of piperidine rings is 2. The van der Waals surface area contributed by atoms with Crippen LogP contribution in [0.3, 0.4) is 0 Å². The average Bonchev–Trinajstić information content (AvgIpc) is 3.18. The van der Waals surface area contributed by atoms with E-state index >= 15 is 0 Å². The fourth-order valence-corrected chi connectivity index (χ4v) is 4.90.